The molecule has 2 aromatic rings. The average molecular weight is 404 g/mol. The fraction of sp³-hybridized carbons (Fsp3) is 0.471. The van der Waals surface area contributed by atoms with Gasteiger partial charge in [-0.25, -0.2) is 9.50 Å². The van der Waals surface area contributed by atoms with Crippen molar-refractivity contribution in [2.24, 2.45) is 5.92 Å². The largest absolute Gasteiger partial charge is 0.474 e. The lowest BCUT2D eigenvalue weighted by Gasteiger charge is -2.17. The van der Waals surface area contributed by atoms with Crippen LogP contribution >= 0.6 is 0 Å². The topological polar surface area (TPSA) is 59.7 Å². The summed E-state index contributed by atoms with van der Waals surface area (Å²) in [6, 6.07) is 2.73. The van der Waals surface area contributed by atoms with Crippen molar-refractivity contribution in [3.63, 3.8) is 0 Å². The fourth-order valence-electron chi connectivity index (χ4n) is 3.06. The maximum absolute atomic E-state index is 13.5. The molecule has 0 N–H and O–H groups in total. The van der Waals surface area contributed by atoms with E-state index in [1.54, 1.807) is 13.8 Å². The smallest absolute Gasteiger partial charge is 0.435 e. The minimum absolute atomic E-state index is 0.0590. The summed E-state index contributed by atoms with van der Waals surface area (Å²) in [7, 11) is 0. The van der Waals surface area contributed by atoms with Gasteiger partial charge < -0.3 is 9.64 Å². The minimum atomic E-state index is -4.77. The van der Waals surface area contributed by atoms with Gasteiger partial charge in [-0.2, -0.15) is 22.0 Å². The monoisotopic (exact) mass is 404 g/mol. The lowest BCUT2D eigenvalue weighted by molar-refractivity contribution is -0.142. The van der Waals surface area contributed by atoms with Crippen LogP contribution in [0.2, 0.25) is 0 Å². The van der Waals surface area contributed by atoms with E-state index in [1.165, 1.54) is 12.1 Å². The molecular weight excluding hydrogens is 387 g/mol. The van der Waals surface area contributed by atoms with Crippen molar-refractivity contribution in [1.29, 1.82) is 0 Å². The number of likely N-dealkylation sites (tertiary alicyclic amines) is 1. The lowest BCUT2D eigenvalue weighted by atomic mass is 10.1. The summed E-state index contributed by atoms with van der Waals surface area (Å²) in [4.78, 5) is 16.8. The molecule has 1 saturated heterocycles. The van der Waals surface area contributed by atoms with Crippen LogP contribution in [0.25, 0.3) is 5.65 Å². The van der Waals surface area contributed by atoms with Gasteiger partial charge in [0.15, 0.2) is 11.3 Å². The standard InChI is InChI=1S/C17H17F5N4O2/c1-9(2)28-14-4-3-13-23-16(17(20,21)22)11(26(13)24-14)8-25-7-10(5-12(18)19)6-15(25)27/h3-5,9-10H,6-8H2,1-2H3. The number of hydrogen-bond acceptors (Lipinski definition) is 4. The number of halogens is 5. The van der Waals surface area contributed by atoms with Crippen molar-refractivity contribution in [3.05, 3.63) is 35.7 Å². The van der Waals surface area contributed by atoms with E-state index < -0.39 is 36.3 Å². The maximum atomic E-state index is 13.5. The second-order valence-electron chi connectivity index (χ2n) is 6.71. The Hall–Kier alpha value is -2.72. The van der Waals surface area contributed by atoms with Crippen LogP contribution in [0.4, 0.5) is 22.0 Å². The Labute approximate surface area is 156 Å². The molecule has 1 fully saturated rings. The Morgan fingerprint density at radius 3 is 2.68 bits per heavy atom. The average Bonchev–Trinajstić information content (AvgIpc) is 3.07. The predicted octanol–water partition coefficient (Wildman–Crippen LogP) is 3.66. The quantitative estimate of drug-likeness (QED) is 0.714. The number of alkyl halides is 3. The number of ether oxygens (including phenoxy) is 1. The van der Waals surface area contributed by atoms with E-state index in [0.717, 1.165) is 9.42 Å². The maximum Gasteiger partial charge on any atom is 0.435 e. The van der Waals surface area contributed by atoms with E-state index in [4.69, 9.17) is 4.74 Å². The third-order valence-electron chi connectivity index (χ3n) is 4.12. The molecule has 3 heterocycles. The zero-order chi connectivity index (χ0) is 20.6. The molecule has 2 aromatic heterocycles. The van der Waals surface area contributed by atoms with Gasteiger partial charge in [-0.1, -0.05) is 0 Å². The Morgan fingerprint density at radius 2 is 2.07 bits per heavy atom. The summed E-state index contributed by atoms with van der Waals surface area (Å²) in [6.45, 7) is 2.92. The van der Waals surface area contributed by atoms with Crippen LogP contribution in [0.5, 0.6) is 5.88 Å². The van der Waals surface area contributed by atoms with E-state index >= 15 is 0 Å². The molecule has 0 bridgehead atoms. The first-order valence-corrected chi connectivity index (χ1v) is 8.47. The van der Waals surface area contributed by atoms with Crippen LogP contribution in [0.1, 0.15) is 31.7 Å². The Balaban J connectivity index is 2.00. The molecule has 11 heteroatoms. The van der Waals surface area contributed by atoms with Crippen LogP contribution in [0.15, 0.2) is 24.3 Å². The second-order valence-corrected chi connectivity index (χ2v) is 6.71. The van der Waals surface area contributed by atoms with Gasteiger partial charge in [0.2, 0.25) is 11.8 Å². The number of hydrogen-bond donors (Lipinski definition) is 0. The van der Waals surface area contributed by atoms with Gasteiger partial charge in [0.1, 0.15) is 0 Å². The van der Waals surface area contributed by atoms with Gasteiger partial charge in [-0.3, -0.25) is 4.79 Å². The molecule has 0 saturated carbocycles. The van der Waals surface area contributed by atoms with Crippen molar-refractivity contribution in [2.45, 2.75) is 39.1 Å². The van der Waals surface area contributed by atoms with E-state index in [9.17, 15) is 26.7 Å². The molecule has 0 spiro atoms. The van der Waals surface area contributed by atoms with E-state index in [1.807, 2.05) is 0 Å². The minimum Gasteiger partial charge on any atom is -0.474 e. The van der Waals surface area contributed by atoms with E-state index in [0.29, 0.717) is 6.08 Å². The lowest BCUT2D eigenvalue weighted by Crippen LogP contribution is -2.27. The molecule has 1 aliphatic heterocycles. The summed E-state index contributed by atoms with van der Waals surface area (Å²) in [5, 5.41) is 4.05. The number of carbonyl (C=O) groups is 1. The summed E-state index contributed by atoms with van der Waals surface area (Å²) >= 11 is 0. The first-order valence-electron chi connectivity index (χ1n) is 8.47. The fourth-order valence-corrected chi connectivity index (χ4v) is 3.06. The van der Waals surface area contributed by atoms with Crippen LogP contribution in [-0.4, -0.2) is 38.1 Å². The van der Waals surface area contributed by atoms with Crippen molar-refractivity contribution in [1.82, 2.24) is 19.5 Å². The van der Waals surface area contributed by atoms with Crippen LogP contribution in [-0.2, 0) is 17.5 Å². The summed E-state index contributed by atoms with van der Waals surface area (Å²) in [5.74, 6) is -1.16. The number of aromatic nitrogens is 3. The van der Waals surface area contributed by atoms with Crippen molar-refractivity contribution in [2.75, 3.05) is 6.54 Å². The molecule has 1 amide bonds. The van der Waals surface area contributed by atoms with Gasteiger partial charge in [0.05, 0.1) is 18.3 Å². The van der Waals surface area contributed by atoms with Crippen LogP contribution < -0.4 is 4.74 Å². The number of nitrogens with zero attached hydrogens (tertiary/aromatic N) is 4. The van der Waals surface area contributed by atoms with Gasteiger partial charge >= 0.3 is 6.18 Å². The highest BCUT2D eigenvalue weighted by Crippen LogP contribution is 2.34. The molecule has 152 valence electrons. The molecule has 28 heavy (non-hydrogen) atoms. The first-order chi connectivity index (χ1) is 13.0. The molecule has 1 atom stereocenters. The molecule has 3 rings (SSSR count). The second kappa shape index (κ2) is 7.36. The molecular formula is C17H17F5N4O2. The number of amides is 1. The zero-order valence-corrected chi connectivity index (χ0v) is 15.0. The highest BCUT2D eigenvalue weighted by Gasteiger charge is 2.40. The number of carbonyl (C=O) groups excluding carboxylic acids is 1. The highest BCUT2D eigenvalue weighted by molar-refractivity contribution is 5.79. The molecule has 0 radical (unpaired) electrons. The van der Waals surface area contributed by atoms with Crippen molar-refractivity contribution in [3.8, 4) is 5.88 Å². The third kappa shape index (κ3) is 4.23. The highest BCUT2D eigenvalue weighted by atomic mass is 19.4. The zero-order valence-electron chi connectivity index (χ0n) is 15.0. The third-order valence-corrected chi connectivity index (χ3v) is 4.12. The van der Waals surface area contributed by atoms with Gasteiger partial charge in [0.25, 0.3) is 6.08 Å². The number of imidazole rings is 1. The summed E-state index contributed by atoms with van der Waals surface area (Å²) < 4.78 is 71.7. The Morgan fingerprint density at radius 1 is 1.36 bits per heavy atom. The summed E-state index contributed by atoms with van der Waals surface area (Å²) in [5.41, 5.74) is -1.59. The normalized spacial score (nSPS) is 17.6. The Kier molecular flexibility index (Phi) is 5.26. The van der Waals surface area contributed by atoms with E-state index in [2.05, 4.69) is 10.1 Å². The molecule has 0 aliphatic carbocycles. The molecule has 6 nitrogen and oxygen atoms in total. The molecule has 1 aliphatic rings. The predicted molar refractivity (Wildman–Crippen MR) is 87.6 cm³/mol. The van der Waals surface area contributed by atoms with Crippen molar-refractivity contribution >= 4 is 11.6 Å². The van der Waals surface area contributed by atoms with Crippen LogP contribution in [0, 0.1) is 5.92 Å². The van der Waals surface area contributed by atoms with Crippen LogP contribution in [0.3, 0.4) is 0 Å². The number of rotatable bonds is 5. The Bertz CT molecular complexity index is 918. The SMILES string of the molecule is CC(C)Oc1ccc2nc(C(F)(F)F)c(CN3CC(C=C(F)F)CC3=O)n2n1. The van der Waals surface area contributed by atoms with E-state index in [-0.39, 0.29) is 36.3 Å². The van der Waals surface area contributed by atoms with Gasteiger partial charge in [-0.15, -0.1) is 5.10 Å². The van der Waals surface area contributed by atoms with Crippen molar-refractivity contribution < 1.29 is 31.5 Å². The molecule has 0 aromatic carbocycles. The number of fused-ring (bicyclic) bond motifs is 1. The summed E-state index contributed by atoms with van der Waals surface area (Å²) in [6.07, 6.45) is -6.49. The van der Waals surface area contributed by atoms with Gasteiger partial charge in [-0.05, 0) is 26.0 Å². The molecule has 1 unspecified atom stereocenters. The first kappa shape index (κ1) is 20.0. The van der Waals surface area contributed by atoms with Gasteiger partial charge in [0, 0.05) is 24.9 Å².